The normalized spacial score (nSPS) is 16.8. The quantitative estimate of drug-likeness (QED) is 0.722. The molecule has 0 radical (unpaired) electrons. The summed E-state index contributed by atoms with van der Waals surface area (Å²) in [6.07, 6.45) is -3.90. The van der Waals surface area contributed by atoms with Crippen LogP contribution in [0.3, 0.4) is 0 Å². The topological polar surface area (TPSA) is 69.6 Å². The summed E-state index contributed by atoms with van der Waals surface area (Å²) in [5, 5.41) is 12.2. The maximum atomic E-state index is 12.9. The van der Waals surface area contributed by atoms with Gasteiger partial charge in [0.25, 0.3) is 0 Å². The summed E-state index contributed by atoms with van der Waals surface area (Å²) in [5.41, 5.74) is -1.32. The highest BCUT2D eigenvalue weighted by Gasteiger charge is 2.43. The number of likely N-dealkylation sites (tertiary alicyclic amines) is 1. The molecule has 160 valence electrons. The SMILES string of the molecule is O=C(CN1CCC(C(=O)O)(c2ccccc2)CC1)Nc1cc(C(F)(F)F)ccc1Cl. The lowest BCUT2D eigenvalue weighted by molar-refractivity contribution is -0.146. The van der Waals surface area contributed by atoms with Crippen LogP contribution in [-0.2, 0) is 21.2 Å². The number of carbonyl (C=O) groups is 2. The fourth-order valence-corrected chi connectivity index (χ4v) is 3.83. The van der Waals surface area contributed by atoms with E-state index >= 15 is 0 Å². The molecule has 0 saturated carbocycles. The van der Waals surface area contributed by atoms with Crippen LogP contribution in [0.1, 0.15) is 24.0 Å². The van der Waals surface area contributed by atoms with Crippen molar-refractivity contribution in [3.8, 4) is 0 Å². The molecule has 1 heterocycles. The van der Waals surface area contributed by atoms with Crippen molar-refractivity contribution >= 4 is 29.2 Å². The van der Waals surface area contributed by atoms with E-state index in [2.05, 4.69) is 5.32 Å². The third-order valence-electron chi connectivity index (χ3n) is 5.38. The molecule has 1 amide bonds. The van der Waals surface area contributed by atoms with Gasteiger partial charge in [0.15, 0.2) is 0 Å². The fraction of sp³-hybridized carbons (Fsp3) is 0.333. The van der Waals surface area contributed by atoms with Crippen LogP contribution in [0, 0.1) is 0 Å². The standard InChI is InChI=1S/C21H20ClF3N2O3/c22-16-7-6-15(21(23,24)25)12-17(16)26-18(28)13-27-10-8-20(9-11-27,19(29)30)14-4-2-1-3-5-14/h1-7,12H,8-11,13H2,(H,26,28)(H,29,30). The molecule has 0 spiro atoms. The predicted octanol–water partition coefficient (Wildman–Crippen LogP) is 4.42. The number of nitrogens with zero attached hydrogens (tertiary/aromatic N) is 1. The van der Waals surface area contributed by atoms with Gasteiger partial charge in [0.05, 0.1) is 28.2 Å². The van der Waals surface area contributed by atoms with Crippen LogP contribution in [0.25, 0.3) is 0 Å². The van der Waals surface area contributed by atoms with Gasteiger partial charge in [-0.15, -0.1) is 0 Å². The van der Waals surface area contributed by atoms with E-state index in [-0.39, 0.29) is 17.3 Å². The van der Waals surface area contributed by atoms with Crippen LogP contribution in [0.5, 0.6) is 0 Å². The molecule has 0 atom stereocenters. The first-order valence-corrected chi connectivity index (χ1v) is 9.67. The lowest BCUT2D eigenvalue weighted by atomic mass is 9.73. The number of anilines is 1. The molecule has 3 rings (SSSR count). The molecule has 0 unspecified atom stereocenters. The lowest BCUT2D eigenvalue weighted by Gasteiger charge is -2.39. The van der Waals surface area contributed by atoms with Gasteiger partial charge < -0.3 is 10.4 Å². The predicted molar refractivity (Wildman–Crippen MR) is 107 cm³/mol. The maximum Gasteiger partial charge on any atom is 0.416 e. The third kappa shape index (κ3) is 4.76. The number of carboxylic acids is 1. The van der Waals surface area contributed by atoms with Crippen molar-refractivity contribution in [1.82, 2.24) is 4.90 Å². The van der Waals surface area contributed by atoms with Gasteiger partial charge in [-0.2, -0.15) is 13.2 Å². The number of rotatable bonds is 5. The fourth-order valence-electron chi connectivity index (χ4n) is 3.67. The Morgan fingerprint density at radius 2 is 1.73 bits per heavy atom. The first kappa shape index (κ1) is 22.1. The highest BCUT2D eigenvalue weighted by Crippen LogP contribution is 2.36. The van der Waals surface area contributed by atoms with Gasteiger partial charge in [-0.05, 0) is 36.6 Å². The Morgan fingerprint density at radius 1 is 1.10 bits per heavy atom. The van der Waals surface area contributed by atoms with Crippen LogP contribution in [0.2, 0.25) is 5.02 Å². The molecule has 2 N–H and O–H groups in total. The molecule has 1 aliphatic heterocycles. The van der Waals surface area contributed by atoms with Crippen LogP contribution in [0.4, 0.5) is 18.9 Å². The highest BCUT2D eigenvalue weighted by molar-refractivity contribution is 6.33. The van der Waals surface area contributed by atoms with Crippen molar-refractivity contribution in [3.63, 3.8) is 0 Å². The van der Waals surface area contributed by atoms with Gasteiger partial charge in [-0.25, -0.2) is 0 Å². The molecule has 2 aromatic carbocycles. The first-order valence-electron chi connectivity index (χ1n) is 9.30. The molecule has 0 bridgehead atoms. The average Bonchev–Trinajstić information content (AvgIpc) is 2.70. The Balaban J connectivity index is 1.64. The van der Waals surface area contributed by atoms with Crippen molar-refractivity contribution in [1.29, 1.82) is 0 Å². The molecule has 30 heavy (non-hydrogen) atoms. The van der Waals surface area contributed by atoms with Crippen LogP contribution < -0.4 is 5.32 Å². The van der Waals surface area contributed by atoms with E-state index in [1.54, 1.807) is 29.2 Å². The average molecular weight is 441 g/mol. The van der Waals surface area contributed by atoms with E-state index in [4.69, 9.17) is 11.6 Å². The van der Waals surface area contributed by atoms with E-state index in [1.807, 2.05) is 6.07 Å². The maximum absolute atomic E-state index is 12.9. The monoisotopic (exact) mass is 440 g/mol. The molecule has 5 nitrogen and oxygen atoms in total. The number of carboxylic acid groups (broad SMARTS) is 1. The van der Waals surface area contributed by atoms with Gasteiger partial charge in [0.1, 0.15) is 0 Å². The summed E-state index contributed by atoms with van der Waals surface area (Å²) in [5.74, 6) is -1.42. The number of alkyl halides is 3. The van der Waals surface area contributed by atoms with Crippen LogP contribution in [-0.4, -0.2) is 41.5 Å². The van der Waals surface area contributed by atoms with E-state index in [1.165, 1.54) is 0 Å². The molecular weight excluding hydrogens is 421 g/mol. The second-order valence-electron chi connectivity index (χ2n) is 7.27. The summed E-state index contributed by atoms with van der Waals surface area (Å²) < 4.78 is 38.6. The zero-order valence-corrected chi connectivity index (χ0v) is 16.6. The number of halogens is 4. The number of benzene rings is 2. The molecule has 1 fully saturated rings. The van der Waals surface area contributed by atoms with Gasteiger partial charge in [0.2, 0.25) is 5.91 Å². The first-order chi connectivity index (χ1) is 14.1. The highest BCUT2D eigenvalue weighted by atomic mass is 35.5. The van der Waals surface area contributed by atoms with Gasteiger partial charge in [-0.3, -0.25) is 14.5 Å². The molecule has 0 aromatic heterocycles. The third-order valence-corrected chi connectivity index (χ3v) is 5.71. The van der Waals surface area contributed by atoms with E-state index in [9.17, 15) is 27.9 Å². The van der Waals surface area contributed by atoms with Gasteiger partial charge in [0, 0.05) is 13.1 Å². The number of hydrogen-bond acceptors (Lipinski definition) is 3. The number of carbonyl (C=O) groups excluding carboxylic acids is 1. The second-order valence-corrected chi connectivity index (χ2v) is 7.68. The van der Waals surface area contributed by atoms with Crippen molar-refractivity contribution in [2.75, 3.05) is 25.0 Å². The molecule has 0 aliphatic carbocycles. The Kier molecular flexibility index (Phi) is 6.38. The summed E-state index contributed by atoms with van der Waals surface area (Å²) in [6, 6.07) is 11.7. The number of nitrogens with one attached hydrogen (secondary N) is 1. The minimum atomic E-state index is -4.55. The van der Waals surface area contributed by atoms with Gasteiger partial charge >= 0.3 is 12.1 Å². The second kappa shape index (κ2) is 8.65. The Hall–Kier alpha value is -2.58. The molecular formula is C21H20ClF3N2O3. The van der Waals surface area contributed by atoms with E-state index < -0.39 is 29.0 Å². The lowest BCUT2D eigenvalue weighted by Crippen LogP contribution is -2.49. The van der Waals surface area contributed by atoms with Crippen LogP contribution in [0.15, 0.2) is 48.5 Å². The summed E-state index contributed by atoms with van der Waals surface area (Å²) in [7, 11) is 0. The van der Waals surface area contributed by atoms with Crippen LogP contribution >= 0.6 is 11.6 Å². The smallest absolute Gasteiger partial charge is 0.416 e. The minimum Gasteiger partial charge on any atom is -0.481 e. The zero-order chi connectivity index (χ0) is 21.9. The molecule has 9 heteroatoms. The minimum absolute atomic E-state index is 0.00367. The van der Waals surface area contributed by atoms with Crippen molar-refractivity contribution in [2.24, 2.45) is 0 Å². The van der Waals surface area contributed by atoms with E-state index in [0.29, 0.717) is 25.9 Å². The number of piperidine rings is 1. The van der Waals surface area contributed by atoms with Crippen molar-refractivity contribution < 1.29 is 27.9 Å². The van der Waals surface area contributed by atoms with E-state index in [0.717, 1.165) is 23.8 Å². The number of aliphatic carboxylic acids is 1. The Labute approximate surface area is 176 Å². The van der Waals surface area contributed by atoms with Crippen molar-refractivity contribution in [2.45, 2.75) is 24.4 Å². The molecule has 1 saturated heterocycles. The number of hydrogen-bond donors (Lipinski definition) is 2. The summed E-state index contributed by atoms with van der Waals surface area (Å²) in [6.45, 7) is 0.660. The Bertz CT molecular complexity index is 927. The Morgan fingerprint density at radius 3 is 2.30 bits per heavy atom. The van der Waals surface area contributed by atoms with Gasteiger partial charge in [-0.1, -0.05) is 41.9 Å². The summed E-state index contributed by atoms with van der Waals surface area (Å²) in [4.78, 5) is 26.1. The summed E-state index contributed by atoms with van der Waals surface area (Å²) >= 11 is 5.91. The zero-order valence-electron chi connectivity index (χ0n) is 15.9. The molecule has 2 aromatic rings. The molecule has 1 aliphatic rings. The number of amides is 1. The van der Waals surface area contributed by atoms with Crippen molar-refractivity contribution in [3.05, 3.63) is 64.7 Å². The largest absolute Gasteiger partial charge is 0.481 e.